The molecule has 0 radical (unpaired) electrons. The zero-order valence-electron chi connectivity index (χ0n) is 20.8. The number of hydrogen-bond acceptors (Lipinski definition) is 7. The van der Waals surface area contributed by atoms with Gasteiger partial charge in [-0.3, -0.25) is 4.79 Å². The Morgan fingerprint density at radius 3 is 2.58 bits per heavy atom. The van der Waals surface area contributed by atoms with Crippen molar-refractivity contribution < 1.29 is 24.9 Å². The maximum atomic E-state index is 12.8. The van der Waals surface area contributed by atoms with Gasteiger partial charge in [-0.25, -0.2) is 4.98 Å². The molecule has 1 unspecified atom stereocenters. The number of rotatable bonds is 2. The molecular formula is C26H41NO5S. The van der Waals surface area contributed by atoms with Gasteiger partial charge in [-0.2, -0.15) is 0 Å². The van der Waals surface area contributed by atoms with Crippen molar-refractivity contribution in [2.45, 2.75) is 98.1 Å². The Morgan fingerprint density at radius 2 is 1.94 bits per heavy atom. The minimum absolute atomic E-state index is 0.0216. The Labute approximate surface area is 202 Å². The number of aromatic nitrogens is 1. The highest BCUT2D eigenvalue weighted by Gasteiger charge is 2.42. The van der Waals surface area contributed by atoms with Crippen molar-refractivity contribution in [1.29, 1.82) is 0 Å². The number of allylic oxidation sites excluding steroid dienone is 1. The molecule has 3 N–H and O–H groups in total. The quantitative estimate of drug-likeness (QED) is 0.421. The minimum Gasteiger partial charge on any atom is -0.457 e. The highest BCUT2D eigenvalue weighted by atomic mass is 32.1. The van der Waals surface area contributed by atoms with Crippen LogP contribution in [0.2, 0.25) is 0 Å². The van der Waals surface area contributed by atoms with E-state index >= 15 is 0 Å². The van der Waals surface area contributed by atoms with E-state index in [4.69, 9.17) is 4.74 Å². The first kappa shape index (κ1) is 27.7. The average Bonchev–Trinajstić information content (AvgIpc) is 3.16. The van der Waals surface area contributed by atoms with Crippen LogP contribution in [0, 0.1) is 24.2 Å². The number of nitrogens with zero attached hydrogens (tertiary/aromatic N) is 1. The molecule has 1 aromatic heterocycles. The summed E-state index contributed by atoms with van der Waals surface area (Å²) < 4.78 is 5.78. The summed E-state index contributed by atoms with van der Waals surface area (Å²) in [5.41, 5.74) is 0.737. The van der Waals surface area contributed by atoms with E-state index in [1.54, 1.807) is 32.1 Å². The molecule has 0 amide bonds. The van der Waals surface area contributed by atoms with Crippen LogP contribution < -0.4 is 0 Å². The minimum atomic E-state index is -1.11. The molecule has 0 saturated carbocycles. The first-order valence-corrected chi connectivity index (χ1v) is 12.8. The third-order valence-electron chi connectivity index (χ3n) is 6.94. The van der Waals surface area contributed by atoms with Gasteiger partial charge in [0, 0.05) is 23.1 Å². The number of aliphatic hydroxyl groups excluding tert-OH is 3. The van der Waals surface area contributed by atoms with Crippen molar-refractivity contribution in [1.82, 2.24) is 4.98 Å². The third kappa shape index (κ3) is 7.74. The zero-order valence-corrected chi connectivity index (χ0v) is 21.6. The van der Waals surface area contributed by atoms with Gasteiger partial charge in [0.15, 0.2) is 0 Å². The van der Waals surface area contributed by atoms with Gasteiger partial charge in [-0.05, 0) is 50.7 Å². The van der Waals surface area contributed by atoms with Crippen LogP contribution in [-0.4, -0.2) is 50.7 Å². The van der Waals surface area contributed by atoms with E-state index in [2.05, 4.69) is 11.1 Å². The van der Waals surface area contributed by atoms with Crippen LogP contribution in [0.1, 0.15) is 77.4 Å². The van der Waals surface area contributed by atoms with Crippen molar-refractivity contribution in [3.8, 4) is 0 Å². The highest BCUT2D eigenvalue weighted by molar-refractivity contribution is 7.09. The lowest BCUT2D eigenvalue weighted by Crippen LogP contribution is -2.48. The van der Waals surface area contributed by atoms with Gasteiger partial charge >= 0.3 is 5.97 Å². The molecule has 2 heterocycles. The first-order valence-electron chi connectivity index (χ1n) is 11.9. The summed E-state index contributed by atoms with van der Waals surface area (Å²) in [4.78, 5) is 17.2. The molecule has 186 valence electrons. The number of thiazole rings is 1. The van der Waals surface area contributed by atoms with Crippen molar-refractivity contribution in [2.75, 3.05) is 0 Å². The number of carbonyl (C=O) groups excluding carboxylic acids is 1. The molecule has 1 aliphatic heterocycles. The molecule has 1 aromatic rings. The lowest BCUT2D eigenvalue weighted by Gasteiger charge is -2.40. The molecule has 0 fully saturated rings. The SMILES string of the molecule is C/C(=C\c1csc(C)n1)C1C/C=C\CCC[C@H](C)[C@H](O)[C@@H](C)[C@@H](O)C(C)(C)[C@@H](O)CC(=O)O1. The van der Waals surface area contributed by atoms with Crippen LogP contribution in [0.4, 0.5) is 0 Å². The van der Waals surface area contributed by atoms with E-state index in [1.165, 1.54) is 0 Å². The number of carbonyl (C=O) groups is 1. The first-order chi connectivity index (χ1) is 15.4. The van der Waals surface area contributed by atoms with Crippen LogP contribution in [0.15, 0.2) is 23.1 Å². The van der Waals surface area contributed by atoms with Gasteiger partial charge < -0.3 is 20.1 Å². The van der Waals surface area contributed by atoms with Gasteiger partial charge in [0.1, 0.15) is 6.10 Å². The van der Waals surface area contributed by atoms with Crippen molar-refractivity contribution in [2.24, 2.45) is 17.3 Å². The molecule has 0 aliphatic carbocycles. The zero-order chi connectivity index (χ0) is 24.8. The maximum Gasteiger partial charge on any atom is 0.309 e. The lowest BCUT2D eigenvalue weighted by molar-refractivity contribution is -0.155. The normalized spacial score (nSPS) is 34.0. The third-order valence-corrected chi connectivity index (χ3v) is 7.73. The van der Waals surface area contributed by atoms with Gasteiger partial charge in [0.2, 0.25) is 0 Å². The summed E-state index contributed by atoms with van der Waals surface area (Å²) in [5.74, 6) is -0.936. The van der Waals surface area contributed by atoms with Crippen molar-refractivity contribution in [3.63, 3.8) is 0 Å². The molecule has 6 atom stereocenters. The number of esters is 1. The Bertz CT molecular complexity index is 830. The topological polar surface area (TPSA) is 99.9 Å². The monoisotopic (exact) mass is 479 g/mol. The Morgan fingerprint density at radius 1 is 1.24 bits per heavy atom. The molecular weight excluding hydrogens is 438 g/mol. The Kier molecular flexibility index (Phi) is 10.3. The van der Waals surface area contributed by atoms with Crippen LogP contribution >= 0.6 is 11.3 Å². The van der Waals surface area contributed by atoms with E-state index in [-0.39, 0.29) is 12.3 Å². The fourth-order valence-electron chi connectivity index (χ4n) is 4.37. The summed E-state index contributed by atoms with van der Waals surface area (Å²) in [7, 11) is 0. The summed E-state index contributed by atoms with van der Waals surface area (Å²) in [6.45, 7) is 11.1. The fraction of sp³-hybridized carbons (Fsp3) is 0.692. The van der Waals surface area contributed by atoms with Crippen LogP contribution in [-0.2, 0) is 9.53 Å². The largest absolute Gasteiger partial charge is 0.457 e. The molecule has 2 rings (SSSR count). The summed E-state index contributed by atoms with van der Waals surface area (Å²) >= 11 is 1.57. The molecule has 0 spiro atoms. The number of ether oxygens (including phenoxy) is 1. The summed E-state index contributed by atoms with van der Waals surface area (Å²) in [6.07, 6.45) is 5.74. The van der Waals surface area contributed by atoms with Crippen LogP contribution in [0.25, 0.3) is 6.08 Å². The maximum absolute atomic E-state index is 12.8. The average molecular weight is 480 g/mol. The van der Waals surface area contributed by atoms with Gasteiger partial charge in [0.25, 0.3) is 0 Å². The van der Waals surface area contributed by atoms with E-state index < -0.39 is 41.7 Å². The fourth-order valence-corrected chi connectivity index (χ4v) is 4.94. The Hall–Kier alpha value is -1.54. The van der Waals surface area contributed by atoms with E-state index in [1.807, 2.05) is 38.3 Å². The molecule has 0 saturated heterocycles. The molecule has 0 aromatic carbocycles. The van der Waals surface area contributed by atoms with E-state index in [0.29, 0.717) is 6.42 Å². The standard InChI is InChI=1S/C26H41NO5S/c1-16-11-9-7-8-10-12-21(17(2)13-20-15-33-19(4)27-20)32-23(29)14-22(28)26(5,6)25(31)18(3)24(16)30/h8,10,13,15-16,18,21-22,24-25,28,30-31H,7,9,11-12,14H2,1-6H3/b10-8-,17-13+/t16-,18+,21?,22-,24-,25+/m0/s1. The molecule has 7 heteroatoms. The number of hydrogen-bond donors (Lipinski definition) is 3. The molecule has 0 bridgehead atoms. The number of aryl methyl sites for hydroxylation is 1. The second-order valence-corrected chi connectivity index (χ2v) is 11.2. The molecule has 33 heavy (non-hydrogen) atoms. The predicted octanol–water partition coefficient (Wildman–Crippen LogP) is 4.67. The smallest absolute Gasteiger partial charge is 0.309 e. The Balaban J connectivity index is 2.26. The summed E-state index contributed by atoms with van der Waals surface area (Å²) in [6, 6.07) is 0. The van der Waals surface area contributed by atoms with Gasteiger partial charge in [0.05, 0.1) is 35.4 Å². The van der Waals surface area contributed by atoms with E-state index in [0.717, 1.165) is 35.5 Å². The van der Waals surface area contributed by atoms with E-state index in [9.17, 15) is 20.1 Å². The van der Waals surface area contributed by atoms with Crippen LogP contribution in [0.3, 0.4) is 0 Å². The number of cyclic esters (lactones) is 1. The second-order valence-electron chi connectivity index (χ2n) is 10.1. The predicted molar refractivity (Wildman–Crippen MR) is 133 cm³/mol. The van der Waals surface area contributed by atoms with Gasteiger partial charge in [-0.15, -0.1) is 11.3 Å². The number of aliphatic hydroxyl groups is 3. The molecule has 6 nitrogen and oxygen atoms in total. The van der Waals surface area contributed by atoms with Crippen LogP contribution in [0.5, 0.6) is 0 Å². The van der Waals surface area contributed by atoms with Crippen molar-refractivity contribution in [3.05, 3.63) is 33.8 Å². The summed E-state index contributed by atoms with van der Waals surface area (Å²) in [5, 5.41) is 35.5. The lowest BCUT2D eigenvalue weighted by atomic mass is 9.71. The highest BCUT2D eigenvalue weighted by Crippen LogP contribution is 2.35. The van der Waals surface area contributed by atoms with Crippen molar-refractivity contribution >= 4 is 23.4 Å². The second kappa shape index (κ2) is 12.2. The molecule has 1 aliphatic rings. The van der Waals surface area contributed by atoms with Gasteiger partial charge in [-0.1, -0.05) is 39.8 Å².